The highest BCUT2D eigenvalue weighted by molar-refractivity contribution is 6.74. The number of nitrogens with zero attached hydrogens (tertiary/aromatic N) is 1. The van der Waals surface area contributed by atoms with E-state index in [1.54, 1.807) is 11.8 Å². The van der Waals surface area contributed by atoms with Crippen LogP contribution in [-0.4, -0.2) is 57.2 Å². The monoisotopic (exact) mass is 387 g/mol. The number of hydrogen-bond donors (Lipinski definition) is 0. The molecule has 7 heteroatoms. The second-order valence-corrected chi connectivity index (χ2v) is 14.4. The smallest absolute Gasteiger partial charge is 0.410 e. The molecule has 0 saturated carbocycles. The van der Waals surface area contributed by atoms with E-state index in [1.807, 2.05) is 20.8 Å². The summed E-state index contributed by atoms with van der Waals surface area (Å²) in [6, 6.07) is 0. The molecule has 6 nitrogen and oxygen atoms in total. The van der Waals surface area contributed by atoms with Crippen LogP contribution in [-0.2, 0) is 18.7 Å². The van der Waals surface area contributed by atoms with Gasteiger partial charge in [0.15, 0.2) is 8.32 Å². The molecule has 0 spiro atoms. The number of amides is 1. The van der Waals surface area contributed by atoms with Gasteiger partial charge in [0.25, 0.3) is 0 Å². The maximum atomic E-state index is 12.4. The van der Waals surface area contributed by atoms with Crippen molar-refractivity contribution < 1.29 is 23.5 Å². The summed E-state index contributed by atoms with van der Waals surface area (Å²) in [7, 11) is -1.93. The van der Waals surface area contributed by atoms with E-state index < -0.39 is 13.9 Å². The van der Waals surface area contributed by atoms with Crippen molar-refractivity contribution in [2.24, 2.45) is 11.8 Å². The Morgan fingerprint density at radius 1 is 1.08 bits per heavy atom. The summed E-state index contributed by atoms with van der Waals surface area (Å²) in [5.74, 6) is -0.703. The van der Waals surface area contributed by atoms with E-state index in [1.165, 1.54) is 0 Å². The van der Waals surface area contributed by atoms with Gasteiger partial charge in [-0.3, -0.25) is 4.79 Å². The van der Waals surface area contributed by atoms with Gasteiger partial charge >= 0.3 is 12.1 Å². The van der Waals surface area contributed by atoms with Gasteiger partial charge in [-0.15, -0.1) is 0 Å². The summed E-state index contributed by atoms with van der Waals surface area (Å²) < 4.78 is 17.0. The summed E-state index contributed by atoms with van der Waals surface area (Å²) in [4.78, 5) is 26.4. The summed E-state index contributed by atoms with van der Waals surface area (Å²) in [5, 5.41) is 0.0931. The van der Waals surface area contributed by atoms with Crippen molar-refractivity contribution in [3.05, 3.63) is 0 Å². The van der Waals surface area contributed by atoms with E-state index in [4.69, 9.17) is 13.9 Å². The van der Waals surface area contributed by atoms with Gasteiger partial charge < -0.3 is 18.8 Å². The Bertz CT molecular complexity index is 507. The van der Waals surface area contributed by atoms with Crippen LogP contribution in [0.3, 0.4) is 0 Å². The van der Waals surface area contributed by atoms with Gasteiger partial charge in [-0.25, -0.2) is 4.79 Å². The molecule has 1 fully saturated rings. The highest BCUT2D eigenvalue weighted by Crippen LogP contribution is 2.38. The number of likely N-dealkylation sites (tertiary alicyclic amines) is 1. The molecular formula is C19H37NO5Si. The molecule has 0 radical (unpaired) electrons. The van der Waals surface area contributed by atoms with Crippen LogP contribution in [0.2, 0.25) is 18.1 Å². The summed E-state index contributed by atoms with van der Waals surface area (Å²) in [6.45, 7) is 19.8. The van der Waals surface area contributed by atoms with E-state index in [-0.39, 0.29) is 28.9 Å². The predicted molar refractivity (Wildman–Crippen MR) is 105 cm³/mol. The molecule has 1 rings (SSSR count). The Kier molecular flexibility index (Phi) is 7.32. The lowest BCUT2D eigenvalue weighted by molar-refractivity contribution is -0.149. The second kappa shape index (κ2) is 8.29. The fraction of sp³-hybridized carbons (Fsp3) is 0.895. The number of carbonyl (C=O) groups excluding carboxylic acids is 2. The standard InChI is InChI=1S/C19H37NO5Si/c1-10-23-16(21)15-12-20(17(22)25-18(2,3)4)11-14(15)13-24-26(8,9)19(5,6)7/h14-15H,10-13H2,1-9H3. The van der Waals surface area contributed by atoms with Gasteiger partial charge in [0.05, 0.1) is 12.5 Å². The third kappa shape index (κ3) is 6.27. The summed E-state index contributed by atoms with van der Waals surface area (Å²) in [5.41, 5.74) is -0.563. The lowest BCUT2D eigenvalue weighted by Gasteiger charge is -2.37. The maximum Gasteiger partial charge on any atom is 0.410 e. The quantitative estimate of drug-likeness (QED) is 0.526. The largest absolute Gasteiger partial charge is 0.466 e. The molecule has 2 unspecified atom stereocenters. The molecular weight excluding hydrogens is 350 g/mol. The maximum absolute atomic E-state index is 12.4. The highest BCUT2D eigenvalue weighted by Gasteiger charge is 2.44. The van der Waals surface area contributed by atoms with Gasteiger partial charge in [-0.2, -0.15) is 0 Å². The third-order valence-corrected chi connectivity index (χ3v) is 9.65. The zero-order valence-corrected chi connectivity index (χ0v) is 19.0. The summed E-state index contributed by atoms with van der Waals surface area (Å²) >= 11 is 0. The third-order valence-electron chi connectivity index (χ3n) is 5.15. The van der Waals surface area contributed by atoms with E-state index in [0.717, 1.165) is 0 Å². The van der Waals surface area contributed by atoms with Crippen molar-refractivity contribution >= 4 is 20.4 Å². The molecule has 0 bridgehead atoms. The van der Waals surface area contributed by atoms with Gasteiger partial charge in [-0.1, -0.05) is 20.8 Å². The Morgan fingerprint density at radius 2 is 1.65 bits per heavy atom. The van der Waals surface area contributed by atoms with Crippen LogP contribution in [0.25, 0.3) is 0 Å². The molecule has 0 aromatic rings. The fourth-order valence-corrected chi connectivity index (χ4v) is 3.63. The number of rotatable bonds is 5. The lowest BCUT2D eigenvalue weighted by Crippen LogP contribution is -2.43. The zero-order chi connectivity index (χ0) is 20.3. The van der Waals surface area contributed by atoms with E-state index >= 15 is 0 Å². The van der Waals surface area contributed by atoms with Crippen LogP contribution in [0, 0.1) is 11.8 Å². The molecule has 0 aromatic heterocycles. The first kappa shape index (κ1) is 23.0. The van der Waals surface area contributed by atoms with Gasteiger partial charge in [0.1, 0.15) is 5.60 Å². The molecule has 26 heavy (non-hydrogen) atoms. The van der Waals surface area contributed by atoms with Crippen LogP contribution in [0.5, 0.6) is 0 Å². The Labute approximate surface area is 159 Å². The van der Waals surface area contributed by atoms with Gasteiger partial charge in [0, 0.05) is 25.6 Å². The molecule has 1 heterocycles. The molecule has 1 aliphatic heterocycles. The van der Waals surface area contributed by atoms with Crippen molar-refractivity contribution in [3.63, 3.8) is 0 Å². The molecule has 0 N–H and O–H groups in total. The van der Waals surface area contributed by atoms with E-state index in [0.29, 0.717) is 26.3 Å². The lowest BCUT2D eigenvalue weighted by atomic mass is 9.97. The van der Waals surface area contributed by atoms with Crippen molar-refractivity contribution in [1.82, 2.24) is 4.90 Å². The minimum atomic E-state index is -1.93. The molecule has 0 aliphatic carbocycles. The first-order valence-corrected chi connectivity index (χ1v) is 12.4. The zero-order valence-electron chi connectivity index (χ0n) is 18.0. The molecule has 152 valence electrons. The molecule has 0 aromatic carbocycles. The average molecular weight is 388 g/mol. The SMILES string of the molecule is CCOC(=O)C1CN(C(=O)OC(C)(C)C)CC1CO[Si](C)(C)C(C)(C)C. The highest BCUT2D eigenvalue weighted by atomic mass is 28.4. The fourth-order valence-electron chi connectivity index (χ4n) is 2.56. The minimum absolute atomic E-state index is 0.0734. The Balaban J connectivity index is 2.85. The van der Waals surface area contributed by atoms with Crippen molar-refractivity contribution in [2.45, 2.75) is 72.2 Å². The Hall–Kier alpha value is -1.08. The van der Waals surface area contributed by atoms with E-state index in [2.05, 4.69) is 33.9 Å². The normalized spacial score (nSPS) is 21.7. The minimum Gasteiger partial charge on any atom is -0.466 e. The predicted octanol–water partition coefficient (Wildman–Crippen LogP) is 4.05. The summed E-state index contributed by atoms with van der Waals surface area (Å²) in [6.07, 6.45) is -0.387. The van der Waals surface area contributed by atoms with Crippen molar-refractivity contribution in [1.29, 1.82) is 0 Å². The van der Waals surface area contributed by atoms with Crippen molar-refractivity contribution in [3.8, 4) is 0 Å². The van der Waals surface area contributed by atoms with Gasteiger partial charge in [-0.05, 0) is 45.8 Å². The number of carbonyl (C=O) groups is 2. The Morgan fingerprint density at radius 3 is 2.12 bits per heavy atom. The van der Waals surface area contributed by atoms with Gasteiger partial charge in [0.2, 0.25) is 0 Å². The van der Waals surface area contributed by atoms with Crippen LogP contribution in [0.15, 0.2) is 0 Å². The first-order chi connectivity index (χ1) is 11.7. The number of ether oxygens (including phenoxy) is 2. The molecule has 2 atom stereocenters. The van der Waals surface area contributed by atoms with Crippen LogP contribution in [0.4, 0.5) is 4.79 Å². The number of hydrogen-bond acceptors (Lipinski definition) is 5. The van der Waals surface area contributed by atoms with E-state index in [9.17, 15) is 9.59 Å². The van der Waals surface area contributed by atoms with Crippen LogP contribution >= 0.6 is 0 Å². The molecule has 1 amide bonds. The van der Waals surface area contributed by atoms with Crippen molar-refractivity contribution in [2.75, 3.05) is 26.3 Å². The second-order valence-electron chi connectivity index (χ2n) is 9.58. The number of esters is 1. The topological polar surface area (TPSA) is 65.1 Å². The van der Waals surface area contributed by atoms with Crippen LogP contribution < -0.4 is 0 Å². The average Bonchev–Trinajstić information content (AvgIpc) is 2.87. The molecule has 1 aliphatic rings. The van der Waals surface area contributed by atoms with Crippen LogP contribution in [0.1, 0.15) is 48.5 Å². The molecule has 1 saturated heterocycles. The first-order valence-electron chi connectivity index (χ1n) is 9.46.